The van der Waals surface area contributed by atoms with Crippen LogP contribution in [-0.4, -0.2) is 72.7 Å². The Morgan fingerprint density at radius 1 is 1.03 bits per heavy atom. The molecule has 0 aliphatic carbocycles. The first kappa shape index (κ1) is 25.0. The van der Waals surface area contributed by atoms with Gasteiger partial charge in [-0.3, -0.25) is 4.79 Å². The summed E-state index contributed by atoms with van der Waals surface area (Å²) in [5, 5.41) is 23.7. The van der Waals surface area contributed by atoms with E-state index in [-0.39, 0.29) is 6.61 Å². The van der Waals surface area contributed by atoms with Crippen molar-refractivity contribution in [2.24, 2.45) is 0 Å². The van der Waals surface area contributed by atoms with Gasteiger partial charge in [0, 0.05) is 26.0 Å². The Morgan fingerprint density at radius 2 is 1.69 bits per heavy atom. The third-order valence-electron chi connectivity index (χ3n) is 5.99. The van der Waals surface area contributed by atoms with Crippen LogP contribution in [0.2, 0.25) is 0 Å². The van der Waals surface area contributed by atoms with Crippen molar-refractivity contribution in [2.45, 2.75) is 50.3 Å². The van der Waals surface area contributed by atoms with Crippen LogP contribution in [0.25, 0.3) is 5.57 Å². The third-order valence-corrected chi connectivity index (χ3v) is 5.99. The van der Waals surface area contributed by atoms with Gasteiger partial charge in [-0.2, -0.15) is 0 Å². The van der Waals surface area contributed by atoms with E-state index in [1.165, 1.54) is 14.0 Å². The second-order valence-corrected chi connectivity index (χ2v) is 8.50. The molecule has 3 N–H and O–H groups in total. The molecule has 0 aromatic heterocycles. The number of rotatable bonds is 8. The maximum atomic E-state index is 13.0. The largest absolute Gasteiger partial charge is 0.428 e. The van der Waals surface area contributed by atoms with Gasteiger partial charge >= 0.3 is 5.97 Å². The van der Waals surface area contributed by atoms with E-state index in [1.54, 1.807) is 0 Å². The van der Waals surface area contributed by atoms with E-state index >= 15 is 0 Å². The molecule has 4 rings (SSSR count). The molecule has 186 valence electrons. The maximum absolute atomic E-state index is 13.0. The highest BCUT2D eigenvalue weighted by atomic mass is 16.8. The van der Waals surface area contributed by atoms with Crippen molar-refractivity contribution in [3.63, 3.8) is 0 Å². The SMILES string of the molecule is COC[C@H]1O[C@H](O[C@H]2OC(=O)C(Cc3ccccc3)=C2c2ccccc2)[C@H](NC(C)=O)[C@@H](O)[C@@H]1O. The zero-order chi connectivity index (χ0) is 24.9. The number of methoxy groups -OCH3 is 1. The third kappa shape index (κ3) is 5.61. The fourth-order valence-electron chi connectivity index (χ4n) is 4.33. The summed E-state index contributed by atoms with van der Waals surface area (Å²) in [6, 6.07) is 17.6. The molecule has 2 heterocycles. The van der Waals surface area contributed by atoms with Gasteiger partial charge in [-0.25, -0.2) is 4.79 Å². The first-order valence-corrected chi connectivity index (χ1v) is 11.4. The lowest BCUT2D eigenvalue weighted by atomic mass is 9.95. The van der Waals surface area contributed by atoms with Crippen LogP contribution in [-0.2, 0) is 35.0 Å². The monoisotopic (exact) mass is 483 g/mol. The van der Waals surface area contributed by atoms with Crippen LogP contribution in [0.3, 0.4) is 0 Å². The van der Waals surface area contributed by atoms with E-state index in [0.29, 0.717) is 17.6 Å². The Kier molecular flexibility index (Phi) is 7.94. The van der Waals surface area contributed by atoms with Gasteiger partial charge in [-0.15, -0.1) is 0 Å². The standard InChI is InChI=1S/C26H29NO8/c1-15(28)27-21-23(30)22(29)19(14-32-2)33-26(21)35-25-20(17-11-7-4-8-12-17)18(24(31)34-25)13-16-9-5-3-6-10-16/h3-12,19,21-23,25-26,29-30H,13-14H2,1-2H3,(H,27,28)/t19-,21-,22-,23-,25-,26-/m1/s1. The molecule has 2 aromatic carbocycles. The quantitative estimate of drug-likeness (QED) is 0.479. The zero-order valence-electron chi connectivity index (χ0n) is 19.5. The van der Waals surface area contributed by atoms with Crippen molar-refractivity contribution < 1.29 is 38.7 Å². The Labute approximate surface area is 203 Å². The van der Waals surface area contributed by atoms with Crippen LogP contribution in [0.1, 0.15) is 18.1 Å². The lowest BCUT2D eigenvalue weighted by Crippen LogP contribution is -2.65. The van der Waals surface area contributed by atoms with Gasteiger partial charge in [-0.05, 0) is 11.1 Å². The molecule has 9 heteroatoms. The number of benzene rings is 2. The second kappa shape index (κ2) is 11.1. The van der Waals surface area contributed by atoms with Crippen molar-refractivity contribution >= 4 is 17.4 Å². The normalized spacial score (nSPS) is 28.6. The summed E-state index contributed by atoms with van der Waals surface area (Å²) in [7, 11) is 1.43. The minimum atomic E-state index is -1.40. The van der Waals surface area contributed by atoms with Crippen molar-refractivity contribution in [3.05, 3.63) is 77.4 Å². The van der Waals surface area contributed by atoms with Gasteiger partial charge in [0.15, 0.2) is 6.29 Å². The number of carbonyl (C=O) groups excluding carboxylic acids is 2. The first-order valence-electron chi connectivity index (χ1n) is 11.4. The Morgan fingerprint density at radius 3 is 2.31 bits per heavy atom. The molecule has 1 saturated heterocycles. The van der Waals surface area contributed by atoms with E-state index in [4.69, 9.17) is 18.9 Å². The number of cyclic esters (lactones) is 1. The van der Waals surface area contributed by atoms with Gasteiger partial charge in [0.25, 0.3) is 0 Å². The molecule has 0 spiro atoms. The highest BCUT2D eigenvalue weighted by Crippen LogP contribution is 2.36. The molecule has 35 heavy (non-hydrogen) atoms. The van der Waals surface area contributed by atoms with Gasteiger partial charge in [0.1, 0.15) is 24.4 Å². The Hall–Kier alpha value is -3.08. The molecular formula is C26H29NO8. The molecule has 9 nitrogen and oxygen atoms in total. The minimum absolute atomic E-state index is 0.0179. The van der Waals surface area contributed by atoms with E-state index < -0.39 is 48.8 Å². The summed E-state index contributed by atoms with van der Waals surface area (Å²) in [5.41, 5.74) is 2.63. The molecule has 0 radical (unpaired) electrons. The summed E-state index contributed by atoms with van der Waals surface area (Å²) in [4.78, 5) is 24.8. The van der Waals surface area contributed by atoms with Gasteiger partial charge in [0.05, 0.1) is 12.2 Å². The molecule has 0 unspecified atom stereocenters. The van der Waals surface area contributed by atoms with E-state index in [1.807, 2.05) is 60.7 Å². The summed E-state index contributed by atoms with van der Waals surface area (Å²) in [5.74, 6) is -0.978. The molecule has 6 atom stereocenters. The summed E-state index contributed by atoms with van der Waals surface area (Å²) >= 11 is 0. The predicted octanol–water partition coefficient (Wildman–Crippen LogP) is 1.18. The molecule has 0 saturated carbocycles. The lowest BCUT2D eigenvalue weighted by molar-refractivity contribution is -0.297. The zero-order valence-corrected chi connectivity index (χ0v) is 19.5. The van der Waals surface area contributed by atoms with Gasteiger partial charge < -0.3 is 34.5 Å². The van der Waals surface area contributed by atoms with E-state index in [0.717, 1.165) is 11.1 Å². The molecule has 2 aromatic rings. The van der Waals surface area contributed by atoms with Gasteiger partial charge in [-0.1, -0.05) is 60.7 Å². The highest BCUT2D eigenvalue weighted by molar-refractivity contribution is 6.02. The smallest absolute Gasteiger partial charge is 0.337 e. The van der Waals surface area contributed by atoms with Crippen molar-refractivity contribution in [1.29, 1.82) is 0 Å². The van der Waals surface area contributed by atoms with Crippen LogP contribution in [0, 0.1) is 0 Å². The van der Waals surface area contributed by atoms with Crippen LogP contribution >= 0.6 is 0 Å². The first-order chi connectivity index (χ1) is 16.9. The molecule has 2 aliphatic heterocycles. The van der Waals surface area contributed by atoms with E-state index in [9.17, 15) is 19.8 Å². The van der Waals surface area contributed by atoms with Crippen LogP contribution < -0.4 is 5.32 Å². The molecule has 1 amide bonds. The number of nitrogens with one attached hydrogen (secondary N) is 1. The highest BCUT2D eigenvalue weighted by Gasteiger charge is 2.48. The molecule has 2 aliphatic rings. The average Bonchev–Trinajstić information content (AvgIpc) is 3.15. The molecule has 0 bridgehead atoms. The van der Waals surface area contributed by atoms with Crippen LogP contribution in [0.4, 0.5) is 0 Å². The predicted molar refractivity (Wildman–Crippen MR) is 125 cm³/mol. The van der Waals surface area contributed by atoms with Gasteiger partial charge in [0.2, 0.25) is 12.2 Å². The Bertz CT molecular complexity index is 1060. The fraction of sp³-hybridized carbons (Fsp3) is 0.385. The topological polar surface area (TPSA) is 124 Å². The van der Waals surface area contributed by atoms with E-state index in [2.05, 4.69) is 5.32 Å². The minimum Gasteiger partial charge on any atom is -0.428 e. The number of aliphatic hydroxyl groups is 2. The van der Waals surface area contributed by atoms with Crippen molar-refractivity contribution in [3.8, 4) is 0 Å². The Balaban J connectivity index is 1.68. The fourth-order valence-corrected chi connectivity index (χ4v) is 4.33. The lowest BCUT2D eigenvalue weighted by Gasteiger charge is -2.43. The second-order valence-electron chi connectivity index (χ2n) is 8.50. The number of carbonyl (C=O) groups is 2. The number of amides is 1. The van der Waals surface area contributed by atoms with Crippen molar-refractivity contribution in [2.75, 3.05) is 13.7 Å². The van der Waals surface area contributed by atoms with Crippen LogP contribution in [0.15, 0.2) is 66.2 Å². The number of esters is 1. The number of ether oxygens (including phenoxy) is 4. The number of hydrogen-bond donors (Lipinski definition) is 3. The van der Waals surface area contributed by atoms with Crippen molar-refractivity contribution in [1.82, 2.24) is 5.32 Å². The number of hydrogen-bond acceptors (Lipinski definition) is 8. The molecular weight excluding hydrogens is 454 g/mol. The molecule has 1 fully saturated rings. The summed E-state index contributed by atoms with van der Waals surface area (Å²) in [6.07, 6.45) is -5.70. The summed E-state index contributed by atoms with van der Waals surface area (Å²) in [6.45, 7) is 1.26. The summed E-state index contributed by atoms with van der Waals surface area (Å²) < 4.78 is 22.7. The maximum Gasteiger partial charge on any atom is 0.337 e. The average molecular weight is 484 g/mol. The number of aliphatic hydroxyl groups excluding tert-OH is 2. The van der Waals surface area contributed by atoms with Crippen LogP contribution in [0.5, 0.6) is 0 Å².